The molecule has 1 aromatic carbocycles. The van der Waals surface area contributed by atoms with E-state index in [1.54, 1.807) is 0 Å². The zero-order valence-corrected chi connectivity index (χ0v) is 15.3. The molecule has 148 valence electrons. The predicted molar refractivity (Wildman–Crippen MR) is 97.7 cm³/mol. The first-order valence-corrected chi connectivity index (χ1v) is 9.42. The van der Waals surface area contributed by atoms with Crippen LogP contribution in [0.25, 0.3) is 0 Å². The topological polar surface area (TPSA) is 136 Å². The quantitative estimate of drug-likeness (QED) is 0.600. The zero-order chi connectivity index (χ0) is 20.3. The smallest absolute Gasteiger partial charge is 0.407 e. The van der Waals surface area contributed by atoms with Crippen molar-refractivity contribution in [3.8, 4) is 11.6 Å². The minimum atomic E-state index is -1.16. The second-order valence-corrected chi connectivity index (χ2v) is 7.13. The molecule has 0 spiro atoms. The van der Waals surface area contributed by atoms with Gasteiger partial charge in [-0.1, -0.05) is 12.1 Å². The normalized spacial score (nSPS) is 16.6. The number of carbonyl (C=O) groups excluding carboxylic acids is 1. The van der Waals surface area contributed by atoms with Crippen molar-refractivity contribution >= 4 is 23.8 Å². The Morgan fingerprint density at radius 2 is 1.96 bits per heavy atom. The number of nitrogens with zero attached hydrogens (tertiary/aromatic N) is 3. The van der Waals surface area contributed by atoms with Crippen LogP contribution in [0.2, 0.25) is 0 Å². The van der Waals surface area contributed by atoms with Crippen LogP contribution >= 0.6 is 11.8 Å². The van der Waals surface area contributed by atoms with E-state index < -0.39 is 41.2 Å². The average molecular weight is 408 g/mol. The number of amides is 2. The van der Waals surface area contributed by atoms with E-state index >= 15 is 0 Å². The van der Waals surface area contributed by atoms with Gasteiger partial charge in [-0.15, -0.1) is 0 Å². The standard InChI is InChI=1S/C17H17FN4O5S/c18-10-3-1-9(2-4-10)7-19-15(24)12-13(23)16(25)21-14(20-12)11-8-28-6-5-22(11)17(26)27/h1-4,11,23H,5-8H2,(H,19,24)(H,26,27)(H,20,21,25). The summed E-state index contributed by atoms with van der Waals surface area (Å²) in [7, 11) is 0. The molecule has 11 heteroatoms. The van der Waals surface area contributed by atoms with Crippen LogP contribution in [0.15, 0.2) is 24.3 Å². The first-order valence-electron chi connectivity index (χ1n) is 8.26. The molecule has 3 rings (SSSR count). The summed E-state index contributed by atoms with van der Waals surface area (Å²) < 4.78 is 12.9. The summed E-state index contributed by atoms with van der Waals surface area (Å²) in [4.78, 5) is 32.7. The number of hydrogen-bond donors (Lipinski definition) is 4. The molecule has 0 saturated carbocycles. The van der Waals surface area contributed by atoms with Crippen LogP contribution in [-0.4, -0.2) is 60.2 Å². The monoisotopic (exact) mass is 408 g/mol. The third-order valence-electron chi connectivity index (χ3n) is 4.14. The number of rotatable bonds is 4. The molecule has 2 aromatic rings. The summed E-state index contributed by atoms with van der Waals surface area (Å²) in [6, 6.07) is 4.71. The lowest BCUT2D eigenvalue weighted by Crippen LogP contribution is -2.40. The summed E-state index contributed by atoms with van der Waals surface area (Å²) in [6.07, 6.45) is -1.16. The second-order valence-electron chi connectivity index (χ2n) is 5.98. The van der Waals surface area contributed by atoms with Crippen molar-refractivity contribution in [2.24, 2.45) is 0 Å². The van der Waals surface area contributed by atoms with E-state index in [1.807, 2.05) is 0 Å². The molecule has 1 unspecified atom stereocenters. The van der Waals surface area contributed by atoms with Crippen LogP contribution in [0, 0.1) is 5.82 Å². The van der Waals surface area contributed by atoms with E-state index in [4.69, 9.17) is 0 Å². The van der Waals surface area contributed by atoms with Crippen molar-refractivity contribution in [2.75, 3.05) is 18.1 Å². The van der Waals surface area contributed by atoms with Crippen LogP contribution in [-0.2, 0) is 6.54 Å². The van der Waals surface area contributed by atoms with Gasteiger partial charge >= 0.3 is 6.09 Å². The Morgan fingerprint density at radius 1 is 1.25 bits per heavy atom. The number of carboxylic acid groups (broad SMARTS) is 1. The number of halogens is 1. The number of aromatic hydroxyl groups is 2. The van der Waals surface area contributed by atoms with Crippen LogP contribution in [0.3, 0.4) is 0 Å². The minimum absolute atomic E-state index is 0.0409. The highest BCUT2D eigenvalue weighted by Gasteiger charge is 2.32. The van der Waals surface area contributed by atoms with E-state index in [0.717, 1.165) is 4.90 Å². The van der Waals surface area contributed by atoms with E-state index in [-0.39, 0.29) is 18.9 Å². The fourth-order valence-electron chi connectivity index (χ4n) is 2.68. The summed E-state index contributed by atoms with van der Waals surface area (Å²) in [5, 5.41) is 31.7. The molecular formula is C17H17FN4O5S. The highest BCUT2D eigenvalue weighted by atomic mass is 32.2. The Kier molecular flexibility index (Phi) is 5.83. The lowest BCUT2D eigenvalue weighted by Gasteiger charge is -2.32. The molecule has 9 nitrogen and oxygen atoms in total. The zero-order valence-electron chi connectivity index (χ0n) is 14.5. The summed E-state index contributed by atoms with van der Waals surface area (Å²) in [5.74, 6) is -1.91. The van der Waals surface area contributed by atoms with Crippen LogP contribution in [0.4, 0.5) is 9.18 Å². The lowest BCUT2D eigenvalue weighted by molar-refractivity contribution is 0.0940. The van der Waals surface area contributed by atoms with Gasteiger partial charge in [-0.25, -0.2) is 14.2 Å². The molecule has 28 heavy (non-hydrogen) atoms. The Bertz CT molecular complexity index is 896. The number of thioether (sulfide) groups is 1. The van der Waals surface area contributed by atoms with Gasteiger partial charge < -0.3 is 20.6 Å². The molecular weight excluding hydrogens is 391 g/mol. The van der Waals surface area contributed by atoms with Crippen molar-refractivity contribution in [3.63, 3.8) is 0 Å². The van der Waals surface area contributed by atoms with Crippen LogP contribution in [0.1, 0.15) is 27.9 Å². The fraction of sp³-hybridized carbons (Fsp3) is 0.294. The van der Waals surface area contributed by atoms with Gasteiger partial charge in [0, 0.05) is 24.6 Å². The lowest BCUT2D eigenvalue weighted by atomic mass is 10.2. The van der Waals surface area contributed by atoms with E-state index in [1.165, 1.54) is 36.0 Å². The molecule has 1 saturated heterocycles. The van der Waals surface area contributed by atoms with E-state index in [9.17, 15) is 29.3 Å². The number of carbonyl (C=O) groups is 2. The van der Waals surface area contributed by atoms with Gasteiger partial charge in [0.15, 0.2) is 11.5 Å². The Balaban J connectivity index is 1.83. The number of hydrogen-bond acceptors (Lipinski definition) is 7. The largest absolute Gasteiger partial charge is 0.501 e. The first-order chi connectivity index (χ1) is 13.4. The molecule has 1 aliphatic heterocycles. The van der Waals surface area contributed by atoms with Gasteiger partial charge in [0.25, 0.3) is 11.8 Å². The van der Waals surface area contributed by atoms with Gasteiger partial charge in [0.05, 0.1) is 0 Å². The summed E-state index contributed by atoms with van der Waals surface area (Å²) >= 11 is 1.49. The van der Waals surface area contributed by atoms with E-state index in [2.05, 4.69) is 15.3 Å². The van der Waals surface area contributed by atoms with Crippen molar-refractivity contribution in [1.29, 1.82) is 0 Å². The minimum Gasteiger partial charge on any atom is -0.501 e. The Morgan fingerprint density at radius 3 is 2.64 bits per heavy atom. The molecule has 1 atom stereocenters. The van der Waals surface area contributed by atoms with E-state index in [0.29, 0.717) is 17.1 Å². The van der Waals surface area contributed by atoms with Crippen molar-refractivity contribution in [1.82, 2.24) is 20.2 Å². The molecule has 0 aliphatic carbocycles. The van der Waals surface area contributed by atoms with Crippen molar-refractivity contribution in [2.45, 2.75) is 12.6 Å². The Labute approximate surface area is 163 Å². The average Bonchev–Trinajstić information content (AvgIpc) is 2.69. The molecule has 0 radical (unpaired) electrons. The summed E-state index contributed by atoms with van der Waals surface area (Å²) in [5.41, 5.74) is 0.152. The highest BCUT2D eigenvalue weighted by molar-refractivity contribution is 7.99. The molecule has 0 bridgehead atoms. The van der Waals surface area contributed by atoms with Gasteiger partial charge in [0.1, 0.15) is 11.9 Å². The second kappa shape index (κ2) is 8.30. The SMILES string of the molecule is O=C(NCc1ccc(F)cc1)c1nc(C2CSCCN2C(=O)O)nc(O)c1O. The van der Waals surface area contributed by atoms with Gasteiger partial charge in [0.2, 0.25) is 5.75 Å². The van der Waals surface area contributed by atoms with Crippen molar-refractivity contribution < 1.29 is 29.3 Å². The Hall–Kier alpha value is -3.08. The molecule has 1 aliphatic rings. The molecule has 1 fully saturated rings. The number of nitrogens with one attached hydrogen (secondary N) is 1. The highest BCUT2D eigenvalue weighted by Crippen LogP contribution is 2.32. The predicted octanol–water partition coefficient (Wildman–Crippen LogP) is 1.72. The van der Waals surface area contributed by atoms with Gasteiger partial charge in [-0.3, -0.25) is 9.69 Å². The number of aromatic nitrogens is 2. The molecule has 2 heterocycles. The number of benzene rings is 1. The van der Waals surface area contributed by atoms with Gasteiger partial charge in [-0.2, -0.15) is 16.7 Å². The summed E-state index contributed by atoms with van der Waals surface area (Å²) in [6.45, 7) is 0.293. The van der Waals surface area contributed by atoms with Crippen LogP contribution < -0.4 is 5.32 Å². The fourth-order valence-corrected chi connectivity index (χ4v) is 3.73. The van der Waals surface area contributed by atoms with Crippen LogP contribution in [0.5, 0.6) is 11.6 Å². The maximum absolute atomic E-state index is 12.9. The van der Waals surface area contributed by atoms with Crippen molar-refractivity contribution in [3.05, 3.63) is 47.2 Å². The molecule has 1 aromatic heterocycles. The third kappa shape index (κ3) is 4.25. The molecule has 2 amide bonds. The third-order valence-corrected chi connectivity index (χ3v) is 5.16. The first kappa shape index (κ1) is 19.7. The maximum Gasteiger partial charge on any atom is 0.407 e. The molecule has 4 N–H and O–H groups in total. The van der Waals surface area contributed by atoms with Gasteiger partial charge in [-0.05, 0) is 17.7 Å². The maximum atomic E-state index is 12.9.